The first-order chi connectivity index (χ1) is 14.0. The van der Waals surface area contributed by atoms with Gasteiger partial charge in [0.25, 0.3) is 0 Å². The number of benzene rings is 2. The van der Waals surface area contributed by atoms with Crippen LogP contribution in [0.4, 0.5) is 5.69 Å². The first-order valence-corrected chi connectivity index (χ1v) is 11.6. The maximum atomic E-state index is 12.7. The van der Waals surface area contributed by atoms with Gasteiger partial charge in [0.2, 0.25) is 15.9 Å². The summed E-state index contributed by atoms with van der Waals surface area (Å²) in [6.45, 7) is 5.93. The van der Waals surface area contributed by atoms with Gasteiger partial charge >= 0.3 is 0 Å². The van der Waals surface area contributed by atoms with E-state index in [0.717, 1.165) is 27.4 Å². The molecule has 0 saturated carbocycles. The van der Waals surface area contributed by atoms with Crippen molar-refractivity contribution >= 4 is 33.2 Å². The Morgan fingerprint density at radius 1 is 1.17 bits per heavy atom. The monoisotopic (exact) mass is 454 g/mol. The van der Waals surface area contributed by atoms with Gasteiger partial charge in [-0.05, 0) is 62.2 Å². The van der Waals surface area contributed by atoms with E-state index in [9.17, 15) is 13.2 Å². The van der Waals surface area contributed by atoms with Gasteiger partial charge < -0.3 is 14.8 Å². The Hall–Kier alpha value is -2.45. The molecule has 30 heavy (non-hydrogen) atoms. The number of carbonyl (C=O) groups excluding carboxylic acids is 1. The minimum atomic E-state index is -3.79. The van der Waals surface area contributed by atoms with Crippen LogP contribution in [0.25, 0.3) is 0 Å². The number of anilines is 1. The summed E-state index contributed by atoms with van der Waals surface area (Å²) in [6, 6.07) is 9.43. The summed E-state index contributed by atoms with van der Waals surface area (Å²) < 4.78 is 36.9. The molecule has 2 aromatic rings. The van der Waals surface area contributed by atoms with Crippen LogP contribution in [-0.2, 0) is 14.8 Å². The van der Waals surface area contributed by atoms with E-state index in [1.54, 1.807) is 12.1 Å². The molecule has 0 radical (unpaired) electrons. The van der Waals surface area contributed by atoms with Gasteiger partial charge in [-0.25, -0.2) is 8.42 Å². The van der Waals surface area contributed by atoms with E-state index < -0.39 is 22.0 Å². The average Bonchev–Trinajstić information content (AvgIpc) is 2.63. The lowest BCUT2D eigenvalue weighted by atomic mass is 10.1. The Morgan fingerprint density at radius 2 is 1.80 bits per heavy atom. The number of rotatable bonds is 9. The lowest BCUT2D eigenvalue weighted by molar-refractivity contribution is -0.121. The molecule has 0 aliphatic heterocycles. The van der Waals surface area contributed by atoms with Crippen LogP contribution in [0.2, 0.25) is 5.02 Å². The summed E-state index contributed by atoms with van der Waals surface area (Å²) in [5, 5.41) is 3.04. The van der Waals surface area contributed by atoms with Crippen LogP contribution < -0.4 is 19.1 Å². The quantitative estimate of drug-likeness (QED) is 0.587. The molecule has 9 heteroatoms. The third-order valence-corrected chi connectivity index (χ3v) is 5.79. The zero-order valence-corrected chi connectivity index (χ0v) is 19.3. The molecule has 0 saturated heterocycles. The summed E-state index contributed by atoms with van der Waals surface area (Å²) in [5.41, 5.74) is 2.37. The molecule has 1 unspecified atom stereocenters. The predicted molar refractivity (Wildman–Crippen MR) is 119 cm³/mol. The van der Waals surface area contributed by atoms with Crippen molar-refractivity contribution in [3.63, 3.8) is 0 Å². The Labute approximate surface area is 183 Å². The largest absolute Gasteiger partial charge is 0.495 e. The van der Waals surface area contributed by atoms with Crippen LogP contribution in [0, 0.1) is 13.8 Å². The van der Waals surface area contributed by atoms with Gasteiger partial charge in [0, 0.05) is 5.02 Å². The molecule has 0 fully saturated rings. The van der Waals surface area contributed by atoms with Crippen molar-refractivity contribution < 1.29 is 22.7 Å². The lowest BCUT2D eigenvalue weighted by Gasteiger charge is -2.29. The Balaban J connectivity index is 2.08. The normalized spacial score (nSPS) is 12.2. The standard InChI is InChI=1S/C21H27ClN2O5S/c1-14-10-15(2)12-18(11-14)29-9-8-23-21(25)16(3)24(30(5,26)27)19-13-17(22)6-7-20(19)28-4/h6-7,10-13,16H,8-9H2,1-5H3,(H,23,25). The number of nitrogens with zero attached hydrogens (tertiary/aromatic N) is 1. The fraction of sp³-hybridized carbons (Fsp3) is 0.381. The summed E-state index contributed by atoms with van der Waals surface area (Å²) in [7, 11) is -2.37. The van der Waals surface area contributed by atoms with Gasteiger partial charge in [0.1, 0.15) is 24.1 Å². The van der Waals surface area contributed by atoms with Crippen LogP contribution in [0.1, 0.15) is 18.1 Å². The van der Waals surface area contributed by atoms with E-state index >= 15 is 0 Å². The number of hydrogen-bond donors (Lipinski definition) is 1. The van der Waals surface area contributed by atoms with E-state index in [2.05, 4.69) is 5.32 Å². The molecule has 2 rings (SSSR count). The van der Waals surface area contributed by atoms with Gasteiger partial charge in [0.15, 0.2) is 0 Å². The van der Waals surface area contributed by atoms with Crippen molar-refractivity contribution in [2.75, 3.05) is 30.8 Å². The number of halogens is 1. The van der Waals surface area contributed by atoms with Gasteiger partial charge in [-0.1, -0.05) is 17.7 Å². The zero-order chi connectivity index (χ0) is 22.5. The topological polar surface area (TPSA) is 84.9 Å². The molecule has 7 nitrogen and oxygen atoms in total. The smallest absolute Gasteiger partial charge is 0.243 e. The van der Waals surface area contributed by atoms with Crippen molar-refractivity contribution in [3.8, 4) is 11.5 Å². The zero-order valence-electron chi connectivity index (χ0n) is 17.7. The van der Waals surface area contributed by atoms with E-state index in [1.807, 2.05) is 32.0 Å². The van der Waals surface area contributed by atoms with Crippen molar-refractivity contribution in [1.29, 1.82) is 0 Å². The van der Waals surface area contributed by atoms with Crippen molar-refractivity contribution in [2.24, 2.45) is 0 Å². The molecule has 0 aromatic heterocycles. The van der Waals surface area contributed by atoms with Crippen LogP contribution in [-0.4, -0.2) is 46.9 Å². The highest BCUT2D eigenvalue weighted by molar-refractivity contribution is 7.92. The molecule has 0 heterocycles. The van der Waals surface area contributed by atoms with Crippen LogP contribution >= 0.6 is 11.6 Å². The van der Waals surface area contributed by atoms with E-state index in [1.165, 1.54) is 20.1 Å². The fourth-order valence-corrected chi connectivity index (χ4v) is 4.46. The molecule has 1 atom stereocenters. The predicted octanol–water partition coefficient (Wildman–Crippen LogP) is 3.32. The van der Waals surface area contributed by atoms with Crippen LogP contribution in [0.3, 0.4) is 0 Å². The Bertz CT molecular complexity index is 990. The molecule has 0 bridgehead atoms. The minimum Gasteiger partial charge on any atom is -0.495 e. The maximum absolute atomic E-state index is 12.7. The van der Waals surface area contributed by atoms with E-state index in [-0.39, 0.29) is 18.8 Å². The van der Waals surface area contributed by atoms with Crippen LogP contribution in [0.5, 0.6) is 11.5 Å². The highest BCUT2D eigenvalue weighted by Gasteiger charge is 2.31. The molecule has 0 spiro atoms. The molecular formula is C21H27ClN2O5S. The average molecular weight is 455 g/mol. The first-order valence-electron chi connectivity index (χ1n) is 9.34. The SMILES string of the molecule is COc1ccc(Cl)cc1N(C(C)C(=O)NCCOc1cc(C)cc(C)c1)S(C)(=O)=O. The summed E-state index contributed by atoms with van der Waals surface area (Å²) in [4.78, 5) is 12.7. The second kappa shape index (κ2) is 10.0. The molecule has 2 aromatic carbocycles. The number of hydrogen-bond acceptors (Lipinski definition) is 5. The molecule has 164 valence electrons. The maximum Gasteiger partial charge on any atom is 0.243 e. The van der Waals surface area contributed by atoms with Crippen molar-refractivity contribution in [1.82, 2.24) is 5.32 Å². The summed E-state index contributed by atoms with van der Waals surface area (Å²) >= 11 is 6.04. The van der Waals surface area contributed by atoms with Gasteiger partial charge in [0.05, 0.1) is 25.6 Å². The van der Waals surface area contributed by atoms with Crippen LogP contribution in [0.15, 0.2) is 36.4 Å². The Morgan fingerprint density at radius 3 is 2.37 bits per heavy atom. The minimum absolute atomic E-state index is 0.196. The molecular weight excluding hydrogens is 428 g/mol. The number of aryl methyl sites for hydroxylation is 2. The fourth-order valence-electron chi connectivity index (χ4n) is 3.12. The second-order valence-corrected chi connectivity index (χ2v) is 9.31. The highest BCUT2D eigenvalue weighted by atomic mass is 35.5. The number of carbonyl (C=O) groups is 1. The number of sulfonamides is 1. The second-order valence-electron chi connectivity index (χ2n) is 7.01. The van der Waals surface area contributed by atoms with Gasteiger partial charge in [-0.15, -0.1) is 0 Å². The highest BCUT2D eigenvalue weighted by Crippen LogP contribution is 2.34. The summed E-state index contributed by atoms with van der Waals surface area (Å²) in [5.74, 6) is 0.547. The van der Waals surface area contributed by atoms with Crippen molar-refractivity contribution in [3.05, 3.63) is 52.5 Å². The number of nitrogens with one attached hydrogen (secondary N) is 1. The molecule has 1 N–H and O–H groups in total. The number of amides is 1. The summed E-state index contributed by atoms with van der Waals surface area (Å²) in [6.07, 6.45) is 1.03. The van der Waals surface area contributed by atoms with E-state index in [4.69, 9.17) is 21.1 Å². The third kappa shape index (κ3) is 6.27. The van der Waals surface area contributed by atoms with E-state index in [0.29, 0.717) is 10.8 Å². The molecule has 1 amide bonds. The molecule has 0 aliphatic carbocycles. The van der Waals surface area contributed by atoms with Gasteiger partial charge in [-0.2, -0.15) is 0 Å². The van der Waals surface area contributed by atoms with Gasteiger partial charge in [-0.3, -0.25) is 9.10 Å². The van der Waals surface area contributed by atoms with Crippen molar-refractivity contribution in [2.45, 2.75) is 26.8 Å². The molecule has 0 aliphatic rings. The lowest BCUT2D eigenvalue weighted by Crippen LogP contribution is -2.48. The third-order valence-electron chi connectivity index (χ3n) is 4.33. The Kier molecular flexibility index (Phi) is 7.97. The number of methoxy groups -OCH3 is 1. The first kappa shape index (κ1) is 23.8. The number of ether oxygens (including phenoxy) is 2.